The van der Waals surface area contributed by atoms with Crippen molar-refractivity contribution < 1.29 is 65.4 Å². The van der Waals surface area contributed by atoms with Crippen molar-refractivity contribution in [3.63, 3.8) is 0 Å². The van der Waals surface area contributed by atoms with Crippen molar-refractivity contribution in [2.24, 2.45) is 0 Å². The Morgan fingerprint density at radius 1 is 0.429 bits per heavy atom. The van der Waals surface area contributed by atoms with Crippen molar-refractivity contribution in [1.29, 1.82) is 0 Å². The van der Waals surface area contributed by atoms with Crippen LogP contribution in [0, 0.1) is 6.92 Å². The van der Waals surface area contributed by atoms with E-state index in [0.29, 0.717) is 0 Å². The molecule has 2 aromatic carbocycles. The van der Waals surface area contributed by atoms with E-state index in [1.165, 1.54) is 5.56 Å². The number of nitrogens with zero attached hydrogens (tertiary/aromatic N) is 2. The molecule has 0 aliphatic rings. The third kappa shape index (κ3) is 29.1. The van der Waals surface area contributed by atoms with Crippen LogP contribution in [0.15, 0.2) is 116 Å². The minimum absolute atomic E-state index is 0. The van der Waals surface area contributed by atoms with Crippen LogP contribution in [-0.2, 0) is 65.4 Å². The van der Waals surface area contributed by atoms with Crippen molar-refractivity contribution in [3.8, 4) is 11.3 Å². The summed E-state index contributed by atoms with van der Waals surface area (Å²) in [7, 11) is 0. The summed E-state index contributed by atoms with van der Waals surface area (Å²) in [5, 5.41) is 0. The summed E-state index contributed by atoms with van der Waals surface area (Å²) in [5.74, 6) is 0. The zero-order chi connectivity index (χ0) is 25.6. The second-order valence-corrected chi connectivity index (χ2v) is 5.26. The van der Waals surface area contributed by atoms with Gasteiger partial charge in [-0.1, -0.05) is 134 Å². The Morgan fingerprint density at radius 3 is 1.09 bits per heavy atom. The van der Waals surface area contributed by atoms with Crippen LogP contribution in [0.25, 0.3) is 11.3 Å². The molecule has 2 nitrogen and oxygen atoms in total. The number of benzene rings is 2. The molecule has 4 aromatic rings. The fourth-order valence-electron chi connectivity index (χ4n) is 1.99. The Kier molecular flexibility index (Phi) is 50.4. The zero-order valence-corrected chi connectivity index (χ0v) is 29.2. The molecule has 35 heavy (non-hydrogen) atoms. The average molecular weight is 625 g/mol. The Labute approximate surface area is 267 Å². The van der Waals surface area contributed by atoms with Gasteiger partial charge in [-0.05, 0) is 31.2 Å². The Morgan fingerprint density at radius 2 is 0.800 bits per heavy atom. The number of aromatic nitrogens is 2. The molecule has 0 amide bonds. The molecular weight excluding hydrogens is 578 g/mol. The summed E-state index contributed by atoms with van der Waals surface area (Å²) < 4.78 is 0. The molecule has 0 spiro atoms. The van der Waals surface area contributed by atoms with Crippen LogP contribution in [0.5, 0.6) is 0 Å². The van der Waals surface area contributed by atoms with Gasteiger partial charge in [0, 0.05) is 89.6 Å². The smallest absolute Gasteiger partial charge is 0.0701 e. The van der Waals surface area contributed by atoms with Gasteiger partial charge in [-0.15, -0.1) is 0 Å². The first-order valence-electron chi connectivity index (χ1n) is 12.2. The van der Waals surface area contributed by atoms with Gasteiger partial charge in [0.2, 0.25) is 0 Å². The number of pyridine rings is 2. The third-order valence-electron chi connectivity index (χ3n) is 3.24. The number of rotatable bonds is 1. The Balaban J connectivity index is -0.000000114. The molecule has 2 radical (unpaired) electrons. The first kappa shape index (κ1) is 44.0. The van der Waals surface area contributed by atoms with Gasteiger partial charge in [0.15, 0.2) is 0 Å². The molecule has 4 heteroatoms. The molecule has 0 unspecified atom stereocenters. The molecule has 2 heterocycles. The van der Waals surface area contributed by atoms with Crippen LogP contribution in [0.3, 0.4) is 0 Å². The summed E-state index contributed by atoms with van der Waals surface area (Å²) in [6, 6.07) is 32.1. The SMILES string of the molecule is CC.CC.CC.CC.Cc1ccccc1.[Y].[Y].c1ccc(-c2ccccn2)cc1.c1ccncc1. The van der Waals surface area contributed by atoms with Gasteiger partial charge in [0.05, 0.1) is 5.69 Å². The van der Waals surface area contributed by atoms with Gasteiger partial charge >= 0.3 is 0 Å². The van der Waals surface area contributed by atoms with E-state index in [-0.39, 0.29) is 65.4 Å². The fraction of sp³-hybridized carbons (Fsp3) is 0.290. The van der Waals surface area contributed by atoms with Gasteiger partial charge in [-0.25, -0.2) is 0 Å². The van der Waals surface area contributed by atoms with Crippen molar-refractivity contribution in [2.45, 2.75) is 62.3 Å². The van der Waals surface area contributed by atoms with E-state index in [0.717, 1.165) is 11.3 Å². The van der Waals surface area contributed by atoms with E-state index in [2.05, 4.69) is 41.2 Å². The largest absolute Gasteiger partial charge is 0.265 e. The van der Waals surface area contributed by atoms with Crippen molar-refractivity contribution in [2.75, 3.05) is 0 Å². The van der Waals surface area contributed by atoms with Crippen LogP contribution < -0.4 is 0 Å². The molecule has 0 aliphatic carbocycles. The summed E-state index contributed by atoms with van der Waals surface area (Å²) in [4.78, 5) is 8.03. The Bertz CT molecular complexity index is 734. The minimum Gasteiger partial charge on any atom is -0.265 e. The molecule has 0 saturated heterocycles. The van der Waals surface area contributed by atoms with E-state index < -0.39 is 0 Å². The average Bonchev–Trinajstić information content (AvgIpc) is 2.96. The van der Waals surface area contributed by atoms with Crippen molar-refractivity contribution in [1.82, 2.24) is 9.97 Å². The third-order valence-corrected chi connectivity index (χ3v) is 3.24. The maximum atomic E-state index is 4.25. The monoisotopic (exact) mass is 624 g/mol. The predicted octanol–water partition coefficient (Wildman–Crippen LogP) is 9.93. The molecule has 186 valence electrons. The van der Waals surface area contributed by atoms with Crippen LogP contribution in [-0.4, -0.2) is 9.97 Å². The molecule has 2 aromatic heterocycles. The van der Waals surface area contributed by atoms with Crippen molar-refractivity contribution in [3.05, 3.63) is 121 Å². The first-order valence-corrected chi connectivity index (χ1v) is 12.2. The standard InChI is InChI=1S/C11H9N.C7H8.C5H5N.4C2H6.2Y/c1-2-6-10(7-3-1)11-8-4-5-9-12-11;1-7-5-3-2-4-6-7;1-2-4-6-5-3-1;4*1-2;;/h1-9H;2-6H,1H3;1-5H;4*1-2H3;;. The summed E-state index contributed by atoms with van der Waals surface area (Å²) in [5.41, 5.74) is 3.51. The Hall–Kier alpha value is -1.05. The number of hydrogen-bond acceptors (Lipinski definition) is 2. The van der Waals surface area contributed by atoms with Crippen LogP contribution in [0.1, 0.15) is 61.0 Å². The minimum atomic E-state index is 0. The normalized spacial score (nSPS) is 7.11. The molecule has 4 rings (SSSR count). The van der Waals surface area contributed by atoms with Crippen LogP contribution in [0.4, 0.5) is 0 Å². The fourth-order valence-corrected chi connectivity index (χ4v) is 1.99. The van der Waals surface area contributed by atoms with Crippen LogP contribution in [0.2, 0.25) is 0 Å². The van der Waals surface area contributed by atoms with E-state index in [1.54, 1.807) is 12.4 Å². The second kappa shape index (κ2) is 40.1. The summed E-state index contributed by atoms with van der Waals surface area (Å²) in [6.45, 7) is 18.1. The molecule has 0 fully saturated rings. The van der Waals surface area contributed by atoms with Crippen molar-refractivity contribution >= 4 is 0 Å². The molecular formula is C31H46N2Y2. The van der Waals surface area contributed by atoms with E-state index in [1.807, 2.05) is 134 Å². The topological polar surface area (TPSA) is 25.8 Å². The molecule has 0 N–H and O–H groups in total. The maximum absolute atomic E-state index is 4.25. The van der Waals surface area contributed by atoms with Gasteiger partial charge in [0.25, 0.3) is 0 Å². The molecule has 0 aliphatic heterocycles. The summed E-state index contributed by atoms with van der Waals surface area (Å²) in [6.07, 6.45) is 5.31. The van der Waals surface area contributed by atoms with E-state index >= 15 is 0 Å². The van der Waals surface area contributed by atoms with Gasteiger partial charge in [-0.3, -0.25) is 9.97 Å². The first-order chi connectivity index (χ1) is 16.4. The number of aryl methyl sites for hydroxylation is 1. The maximum Gasteiger partial charge on any atom is 0.0701 e. The van der Waals surface area contributed by atoms with Gasteiger partial charge in [-0.2, -0.15) is 0 Å². The van der Waals surface area contributed by atoms with Gasteiger partial charge in [0.1, 0.15) is 0 Å². The van der Waals surface area contributed by atoms with E-state index in [9.17, 15) is 0 Å². The second-order valence-electron chi connectivity index (χ2n) is 5.26. The predicted molar refractivity (Wildman–Crippen MR) is 150 cm³/mol. The van der Waals surface area contributed by atoms with Gasteiger partial charge < -0.3 is 0 Å². The summed E-state index contributed by atoms with van der Waals surface area (Å²) >= 11 is 0. The quantitative estimate of drug-likeness (QED) is 0.211. The molecule has 0 atom stereocenters. The number of hydrogen-bond donors (Lipinski definition) is 0. The molecule has 0 saturated carbocycles. The van der Waals surface area contributed by atoms with Crippen LogP contribution >= 0.6 is 0 Å². The molecule has 0 bridgehead atoms. The van der Waals surface area contributed by atoms with E-state index in [4.69, 9.17) is 0 Å². The zero-order valence-electron chi connectivity index (χ0n) is 23.5.